The molecule has 0 radical (unpaired) electrons. The summed E-state index contributed by atoms with van der Waals surface area (Å²) < 4.78 is 7.01. The molecule has 0 saturated heterocycles. The number of carbonyl (C=O) groups is 1. The van der Waals surface area contributed by atoms with Crippen molar-refractivity contribution in [2.75, 3.05) is 26.7 Å². The van der Waals surface area contributed by atoms with Crippen LogP contribution in [0, 0.1) is 0 Å². The Hall–Kier alpha value is -2.25. The van der Waals surface area contributed by atoms with Gasteiger partial charge in [-0.3, -0.25) is 9.67 Å². The van der Waals surface area contributed by atoms with Crippen molar-refractivity contribution < 1.29 is 9.53 Å². The minimum absolute atomic E-state index is 0.390. The summed E-state index contributed by atoms with van der Waals surface area (Å²) in [5, 5.41) is 13.2. The summed E-state index contributed by atoms with van der Waals surface area (Å²) in [6.07, 6.45) is 4.06. The van der Waals surface area contributed by atoms with Gasteiger partial charge in [-0.25, -0.2) is 4.79 Å². The van der Waals surface area contributed by atoms with E-state index in [-0.39, 0.29) is 6.09 Å². The highest BCUT2D eigenvalue weighted by atomic mass is 16.6. The van der Waals surface area contributed by atoms with E-state index in [1.165, 1.54) is 0 Å². The number of hydrogen-bond acceptors (Lipinski definition) is 4. The van der Waals surface area contributed by atoms with Crippen molar-refractivity contribution in [1.29, 1.82) is 0 Å². The van der Waals surface area contributed by atoms with Gasteiger partial charge in [0.25, 0.3) is 0 Å². The van der Waals surface area contributed by atoms with Crippen molar-refractivity contribution in [2.45, 2.75) is 39.3 Å². The SMILES string of the molecule is CN=C(NCCCNC(=O)OC(C)(C)C)NCCn1cccn1. The van der Waals surface area contributed by atoms with Crippen LogP contribution < -0.4 is 16.0 Å². The van der Waals surface area contributed by atoms with E-state index in [2.05, 4.69) is 26.0 Å². The van der Waals surface area contributed by atoms with Crippen molar-refractivity contribution in [1.82, 2.24) is 25.7 Å². The first-order valence-electron chi connectivity index (χ1n) is 7.79. The Bertz CT molecular complexity index is 479. The molecule has 0 aliphatic rings. The number of aromatic nitrogens is 2. The van der Waals surface area contributed by atoms with E-state index in [9.17, 15) is 4.79 Å². The fourth-order valence-electron chi connectivity index (χ4n) is 1.74. The summed E-state index contributed by atoms with van der Waals surface area (Å²) in [6, 6.07) is 1.89. The summed E-state index contributed by atoms with van der Waals surface area (Å²) in [4.78, 5) is 15.6. The lowest BCUT2D eigenvalue weighted by Gasteiger charge is -2.19. The molecule has 0 aromatic carbocycles. The van der Waals surface area contributed by atoms with Crippen LogP contribution in [0.15, 0.2) is 23.5 Å². The van der Waals surface area contributed by atoms with Crippen LogP contribution in [0.25, 0.3) is 0 Å². The summed E-state index contributed by atoms with van der Waals surface area (Å²) in [5.74, 6) is 0.731. The zero-order valence-corrected chi connectivity index (χ0v) is 14.4. The lowest BCUT2D eigenvalue weighted by atomic mass is 10.2. The molecular weight excluding hydrogens is 296 g/mol. The molecule has 0 spiro atoms. The van der Waals surface area contributed by atoms with E-state index in [4.69, 9.17) is 4.74 Å². The molecule has 23 heavy (non-hydrogen) atoms. The highest BCUT2D eigenvalue weighted by molar-refractivity contribution is 5.79. The van der Waals surface area contributed by atoms with E-state index in [0.717, 1.165) is 25.5 Å². The molecule has 130 valence electrons. The van der Waals surface area contributed by atoms with Gasteiger partial charge in [0.1, 0.15) is 5.60 Å². The number of rotatable bonds is 7. The molecule has 8 heteroatoms. The fourth-order valence-corrected chi connectivity index (χ4v) is 1.74. The molecule has 8 nitrogen and oxygen atoms in total. The summed E-state index contributed by atoms with van der Waals surface area (Å²) >= 11 is 0. The molecule has 0 aliphatic carbocycles. The third-order valence-electron chi connectivity index (χ3n) is 2.73. The van der Waals surface area contributed by atoms with Crippen LogP contribution >= 0.6 is 0 Å². The standard InChI is InChI=1S/C15H28N6O2/c1-15(2,3)23-14(22)19-8-5-7-17-13(16-4)18-10-12-21-11-6-9-20-21/h6,9,11H,5,7-8,10,12H2,1-4H3,(H,19,22)(H2,16,17,18). The van der Waals surface area contributed by atoms with E-state index in [1.54, 1.807) is 13.2 Å². The van der Waals surface area contributed by atoms with Crippen molar-refractivity contribution >= 4 is 12.1 Å². The van der Waals surface area contributed by atoms with Crippen LogP contribution in [0.1, 0.15) is 27.2 Å². The predicted molar refractivity (Wildman–Crippen MR) is 90.4 cm³/mol. The average Bonchev–Trinajstić information content (AvgIpc) is 2.96. The van der Waals surface area contributed by atoms with Crippen molar-refractivity contribution in [3.05, 3.63) is 18.5 Å². The largest absolute Gasteiger partial charge is 0.444 e. The Kier molecular flexibility index (Phi) is 7.93. The number of carbonyl (C=O) groups excluding carboxylic acids is 1. The Morgan fingerprint density at radius 3 is 2.52 bits per heavy atom. The summed E-state index contributed by atoms with van der Waals surface area (Å²) in [7, 11) is 1.72. The Labute approximate surface area is 137 Å². The van der Waals surface area contributed by atoms with Gasteiger partial charge in [-0.15, -0.1) is 0 Å². The van der Waals surface area contributed by atoms with Gasteiger partial charge < -0.3 is 20.7 Å². The monoisotopic (exact) mass is 324 g/mol. The van der Waals surface area contributed by atoms with E-state index >= 15 is 0 Å². The smallest absolute Gasteiger partial charge is 0.407 e. The van der Waals surface area contributed by atoms with Crippen LogP contribution in [-0.2, 0) is 11.3 Å². The zero-order valence-electron chi connectivity index (χ0n) is 14.4. The van der Waals surface area contributed by atoms with Crippen molar-refractivity contribution in [3.8, 4) is 0 Å². The second-order valence-corrected chi connectivity index (χ2v) is 5.98. The van der Waals surface area contributed by atoms with Gasteiger partial charge in [0.2, 0.25) is 0 Å². The number of alkyl carbamates (subject to hydrolysis) is 1. The first-order valence-corrected chi connectivity index (χ1v) is 7.79. The first-order chi connectivity index (χ1) is 10.9. The summed E-state index contributed by atoms with van der Waals surface area (Å²) in [6.45, 7) is 8.28. The van der Waals surface area contributed by atoms with Gasteiger partial charge in [0, 0.05) is 39.1 Å². The second kappa shape index (κ2) is 9.70. The maximum atomic E-state index is 11.5. The number of nitrogens with zero attached hydrogens (tertiary/aromatic N) is 3. The number of hydrogen-bond donors (Lipinski definition) is 3. The number of aliphatic imine (C=N–C) groups is 1. The lowest BCUT2D eigenvalue weighted by Crippen LogP contribution is -2.40. The fraction of sp³-hybridized carbons (Fsp3) is 0.667. The topological polar surface area (TPSA) is 92.6 Å². The van der Waals surface area contributed by atoms with Crippen LogP contribution in [0.3, 0.4) is 0 Å². The zero-order chi connectivity index (χ0) is 17.1. The lowest BCUT2D eigenvalue weighted by molar-refractivity contribution is 0.0527. The van der Waals surface area contributed by atoms with Crippen LogP contribution in [0.2, 0.25) is 0 Å². The number of ether oxygens (including phenoxy) is 1. The summed E-state index contributed by atoms with van der Waals surface area (Å²) in [5.41, 5.74) is -0.469. The third-order valence-corrected chi connectivity index (χ3v) is 2.73. The molecule has 0 atom stereocenters. The van der Waals surface area contributed by atoms with E-state index in [0.29, 0.717) is 13.1 Å². The number of guanidine groups is 1. The van der Waals surface area contributed by atoms with Gasteiger partial charge >= 0.3 is 6.09 Å². The molecule has 0 bridgehead atoms. The van der Waals surface area contributed by atoms with Crippen molar-refractivity contribution in [2.24, 2.45) is 4.99 Å². The predicted octanol–water partition coefficient (Wildman–Crippen LogP) is 0.963. The molecule has 1 heterocycles. The van der Waals surface area contributed by atoms with Crippen molar-refractivity contribution in [3.63, 3.8) is 0 Å². The Morgan fingerprint density at radius 1 is 1.22 bits per heavy atom. The molecule has 0 aliphatic heterocycles. The minimum atomic E-state index is -0.469. The van der Waals surface area contributed by atoms with E-state index < -0.39 is 5.60 Å². The Balaban J connectivity index is 2.07. The number of amides is 1. The molecule has 1 rings (SSSR count). The average molecular weight is 324 g/mol. The maximum Gasteiger partial charge on any atom is 0.407 e. The van der Waals surface area contributed by atoms with Gasteiger partial charge in [0.05, 0.1) is 6.54 Å². The quantitative estimate of drug-likeness (QED) is 0.395. The van der Waals surface area contributed by atoms with Crippen LogP contribution in [0.4, 0.5) is 4.79 Å². The second-order valence-electron chi connectivity index (χ2n) is 5.98. The maximum absolute atomic E-state index is 11.5. The number of nitrogens with one attached hydrogen (secondary N) is 3. The van der Waals surface area contributed by atoms with Gasteiger partial charge in [-0.05, 0) is 33.3 Å². The highest BCUT2D eigenvalue weighted by Gasteiger charge is 2.15. The molecule has 0 fully saturated rings. The first kappa shape index (κ1) is 18.8. The molecule has 3 N–H and O–H groups in total. The highest BCUT2D eigenvalue weighted by Crippen LogP contribution is 2.06. The van der Waals surface area contributed by atoms with Crippen LogP contribution in [-0.4, -0.2) is 54.1 Å². The van der Waals surface area contributed by atoms with Crippen LogP contribution in [0.5, 0.6) is 0 Å². The molecular formula is C15H28N6O2. The third kappa shape index (κ3) is 9.38. The van der Waals surface area contributed by atoms with E-state index in [1.807, 2.05) is 37.7 Å². The molecule has 0 unspecified atom stereocenters. The molecule has 0 saturated carbocycles. The molecule has 1 aromatic heterocycles. The van der Waals surface area contributed by atoms with Gasteiger partial charge in [-0.2, -0.15) is 5.10 Å². The normalized spacial score (nSPS) is 11.9. The minimum Gasteiger partial charge on any atom is -0.444 e. The molecule has 1 aromatic rings. The van der Waals surface area contributed by atoms with Gasteiger partial charge in [0.15, 0.2) is 5.96 Å². The van der Waals surface area contributed by atoms with Gasteiger partial charge in [-0.1, -0.05) is 0 Å². The Morgan fingerprint density at radius 2 is 1.91 bits per heavy atom. The molecule has 1 amide bonds.